The number of nitrogens with zero attached hydrogens (tertiary/aromatic N) is 1. The van der Waals surface area contributed by atoms with Crippen LogP contribution in [0.4, 0.5) is 0 Å². The number of sulfone groups is 1. The highest BCUT2D eigenvalue weighted by molar-refractivity contribution is 7.91. The zero-order valence-corrected chi connectivity index (χ0v) is 12.3. The number of likely N-dealkylation sites (tertiary alicyclic amines) is 1. The normalized spacial score (nSPS) is 29.3. The third-order valence-electron chi connectivity index (χ3n) is 4.18. The molecule has 2 saturated heterocycles. The van der Waals surface area contributed by atoms with E-state index in [1.807, 2.05) is 0 Å². The maximum atomic E-state index is 12.5. The first-order valence-corrected chi connectivity index (χ1v) is 8.94. The highest BCUT2D eigenvalue weighted by Crippen LogP contribution is 2.27. The molecule has 1 N–H and O–H groups in total. The van der Waals surface area contributed by atoms with Gasteiger partial charge in [0.15, 0.2) is 9.84 Å². The number of amides is 1. The number of carbonyl (C=O) groups is 2. The lowest BCUT2D eigenvalue weighted by Gasteiger charge is -2.37. The minimum absolute atomic E-state index is 0.0457. The summed E-state index contributed by atoms with van der Waals surface area (Å²) in [5.74, 6) is -1.33. The Morgan fingerprint density at radius 2 is 1.95 bits per heavy atom. The molecule has 0 bridgehead atoms. The molecule has 0 aliphatic carbocycles. The Kier molecular flexibility index (Phi) is 4.67. The summed E-state index contributed by atoms with van der Waals surface area (Å²) in [6, 6.07) is -0.0457. The van der Waals surface area contributed by atoms with E-state index in [-0.39, 0.29) is 29.9 Å². The van der Waals surface area contributed by atoms with Crippen molar-refractivity contribution in [3.63, 3.8) is 0 Å². The second-order valence-electron chi connectivity index (χ2n) is 5.71. The van der Waals surface area contributed by atoms with Crippen LogP contribution in [0.1, 0.15) is 38.5 Å². The molecule has 0 radical (unpaired) electrons. The van der Waals surface area contributed by atoms with Crippen molar-refractivity contribution in [1.29, 1.82) is 0 Å². The maximum absolute atomic E-state index is 12.5. The number of piperidine rings is 1. The van der Waals surface area contributed by atoms with E-state index in [9.17, 15) is 18.0 Å². The Hall–Kier alpha value is -1.11. The quantitative estimate of drug-likeness (QED) is 0.824. The van der Waals surface area contributed by atoms with Crippen molar-refractivity contribution < 1.29 is 23.1 Å². The fraction of sp³-hybridized carbons (Fsp3) is 0.846. The third kappa shape index (κ3) is 3.71. The fourth-order valence-corrected chi connectivity index (χ4v) is 4.84. The summed E-state index contributed by atoms with van der Waals surface area (Å²) in [6.07, 6.45) is 3.64. The number of hydrogen-bond donors (Lipinski definition) is 1. The van der Waals surface area contributed by atoms with Gasteiger partial charge in [0, 0.05) is 19.0 Å². The molecule has 1 amide bonds. The van der Waals surface area contributed by atoms with Crippen molar-refractivity contribution >= 4 is 21.7 Å². The topological polar surface area (TPSA) is 91.8 Å². The molecule has 0 saturated carbocycles. The summed E-state index contributed by atoms with van der Waals surface area (Å²) in [7, 11) is -3.06. The zero-order chi connectivity index (χ0) is 14.8. The molecule has 0 aromatic rings. The van der Waals surface area contributed by atoms with Gasteiger partial charge in [-0.2, -0.15) is 0 Å². The van der Waals surface area contributed by atoms with Crippen LogP contribution in [0.2, 0.25) is 0 Å². The molecule has 2 rings (SSSR count). The van der Waals surface area contributed by atoms with E-state index in [2.05, 4.69) is 0 Å². The predicted molar refractivity (Wildman–Crippen MR) is 73.0 cm³/mol. The highest BCUT2D eigenvalue weighted by Gasteiger charge is 2.38. The maximum Gasteiger partial charge on any atom is 0.303 e. The smallest absolute Gasteiger partial charge is 0.303 e. The van der Waals surface area contributed by atoms with E-state index in [0.717, 1.165) is 19.3 Å². The van der Waals surface area contributed by atoms with Gasteiger partial charge in [-0.05, 0) is 32.1 Å². The van der Waals surface area contributed by atoms with E-state index < -0.39 is 21.7 Å². The largest absolute Gasteiger partial charge is 0.481 e. The first-order chi connectivity index (χ1) is 9.39. The minimum Gasteiger partial charge on any atom is -0.481 e. The number of rotatable bonds is 4. The second kappa shape index (κ2) is 6.11. The molecule has 2 atom stereocenters. The Morgan fingerprint density at radius 3 is 2.55 bits per heavy atom. The summed E-state index contributed by atoms with van der Waals surface area (Å²) in [5.41, 5.74) is 0. The van der Waals surface area contributed by atoms with Crippen LogP contribution in [0.25, 0.3) is 0 Å². The van der Waals surface area contributed by atoms with Crippen molar-refractivity contribution in [3.05, 3.63) is 0 Å². The predicted octanol–water partition coefficient (Wildman–Crippen LogP) is 0.667. The molecule has 0 aromatic heterocycles. The molecule has 2 fully saturated rings. The van der Waals surface area contributed by atoms with Crippen LogP contribution in [-0.4, -0.2) is 54.4 Å². The molecular formula is C13H21NO5S. The average molecular weight is 303 g/mol. The summed E-state index contributed by atoms with van der Waals surface area (Å²) >= 11 is 0. The number of carboxylic acids is 1. The van der Waals surface area contributed by atoms with Crippen LogP contribution >= 0.6 is 0 Å². The molecule has 2 aliphatic heterocycles. The Labute approximate surface area is 119 Å². The molecule has 0 spiro atoms. The van der Waals surface area contributed by atoms with Crippen LogP contribution in [0.15, 0.2) is 0 Å². The second-order valence-corrected chi connectivity index (χ2v) is 7.94. The van der Waals surface area contributed by atoms with E-state index in [1.165, 1.54) is 0 Å². The van der Waals surface area contributed by atoms with E-state index >= 15 is 0 Å². The molecule has 6 nitrogen and oxygen atoms in total. The monoisotopic (exact) mass is 303 g/mol. The van der Waals surface area contributed by atoms with Crippen molar-refractivity contribution in [2.45, 2.75) is 44.6 Å². The van der Waals surface area contributed by atoms with Gasteiger partial charge < -0.3 is 10.0 Å². The SMILES string of the molecule is O=C(O)CCC1CCCCN1C(=O)C1CCS(=O)(=O)C1. The zero-order valence-electron chi connectivity index (χ0n) is 11.5. The lowest BCUT2D eigenvalue weighted by atomic mass is 9.95. The van der Waals surface area contributed by atoms with Gasteiger partial charge in [0.25, 0.3) is 0 Å². The molecule has 2 unspecified atom stereocenters. The first kappa shape index (κ1) is 15.3. The van der Waals surface area contributed by atoms with Gasteiger partial charge in [-0.25, -0.2) is 8.42 Å². The Balaban J connectivity index is 2.00. The van der Waals surface area contributed by atoms with Crippen molar-refractivity contribution in [3.8, 4) is 0 Å². The van der Waals surface area contributed by atoms with Gasteiger partial charge in [0.1, 0.15) is 0 Å². The number of carbonyl (C=O) groups excluding carboxylic acids is 1. The molecule has 2 heterocycles. The highest BCUT2D eigenvalue weighted by atomic mass is 32.2. The van der Waals surface area contributed by atoms with E-state index in [4.69, 9.17) is 5.11 Å². The van der Waals surface area contributed by atoms with Gasteiger partial charge >= 0.3 is 5.97 Å². The van der Waals surface area contributed by atoms with Crippen LogP contribution in [-0.2, 0) is 19.4 Å². The Morgan fingerprint density at radius 1 is 1.20 bits per heavy atom. The lowest BCUT2D eigenvalue weighted by molar-refractivity contribution is -0.141. The lowest BCUT2D eigenvalue weighted by Crippen LogP contribution is -2.46. The molecule has 20 heavy (non-hydrogen) atoms. The molecule has 2 aliphatic rings. The first-order valence-electron chi connectivity index (χ1n) is 7.12. The fourth-order valence-electron chi connectivity index (χ4n) is 3.11. The van der Waals surface area contributed by atoms with Gasteiger partial charge in [-0.3, -0.25) is 9.59 Å². The number of hydrogen-bond acceptors (Lipinski definition) is 4. The summed E-state index contributed by atoms with van der Waals surface area (Å²) in [5, 5.41) is 8.77. The summed E-state index contributed by atoms with van der Waals surface area (Å²) in [6.45, 7) is 0.625. The van der Waals surface area contributed by atoms with Gasteiger partial charge in [0.2, 0.25) is 5.91 Å². The average Bonchev–Trinajstić information content (AvgIpc) is 2.76. The standard InChI is InChI=1S/C13H21NO5S/c15-12(16)5-4-11-3-1-2-7-14(11)13(17)10-6-8-20(18,19)9-10/h10-11H,1-9H2,(H,15,16). The van der Waals surface area contributed by atoms with E-state index in [0.29, 0.717) is 19.4 Å². The molecule has 0 aromatic carbocycles. The minimum atomic E-state index is -3.06. The summed E-state index contributed by atoms with van der Waals surface area (Å²) < 4.78 is 23.0. The molecule has 114 valence electrons. The van der Waals surface area contributed by atoms with Crippen molar-refractivity contribution in [1.82, 2.24) is 4.90 Å². The van der Waals surface area contributed by atoms with Crippen LogP contribution in [0.5, 0.6) is 0 Å². The van der Waals surface area contributed by atoms with E-state index in [1.54, 1.807) is 4.90 Å². The van der Waals surface area contributed by atoms with Crippen LogP contribution < -0.4 is 0 Å². The van der Waals surface area contributed by atoms with Crippen molar-refractivity contribution in [2.75, 3.05) is 18.1 Å². The van der Waals surface area contributed by atoms with Gasteiger partial charge in [-0.15, -0.1) is 0 Å². The number of aliphatic carboxylic acids is 1. The summed E-state index contributed by atoms with van der Waals surface area (Å²) in [4.78, 5) is 24.9. The molecular weight excluding hydrogens is 282 g/mol. The molecule has 7 heteroatoms. The van der Waals surface area contributed by atoms with Crippen LogP contribution in [0, 0.1) is 5.92 Å². The van der Waals surface area contributed by atoms with Gasteiger partial charge in [-0.1, -0.05) is 0 Å². The van der Waals surface area contributed by atoms with Crippen LogP contribution in [0.3, 0.4) is 0 Å². The third-order valence-corrected chi connectivity index (χ3v) is 5.95. The van der Waals surface area contributed by atoms with Crippen molar-refractivity contribution in [2.24, 2.45) is 5.92 Å². The number of carboxylic acid groups (broad SMARTS) is 1. The van der Waals surface area contributed by atoms with Gasteiger partial charge in [0.05, 0.1) is 17.4 Å². The Bertz CT molecular complexity index is 487.